The fourth-order valence-electron chi connectivity index (χ4n) is 3.38. The molecule has 0 heterocycles. The van der Waals surface area contributed by atoms with Crippen molar-refractivity contribution in [3.63, 3.8) is 0 Å². The second-order valence-corrected chi connectivity index (χ2v) is 9.54. The molecule has 0 bridgehead atoms. The van der Waals surface area contributed by atoms with Crippen LogP contribution in [-0.2, 0) is 14.8 Å². The van der Waals surface area contributed by atoms with Gasteiger partial charge in [0.1, 0.15) is 17.5 Å². The van der Waals surface area contributed by atoms with E-state index >= 15 is 0 Å². The number of para-hydroxylation sites is 1. The van der Waals surface area contributed by atoms with Gasteiger partial charge in [-0.1, -0.05) is 31.2 Å². The molecule has 0 saturated heterocycles. The van der Waals surface area contributed by atoms with Crippen LogP contribution in [0.25, 0.3) is 0 Å². The molecule has 3 aromatic rings. The van der Waals surface area contributed by atoms with Gasteiger partial charge in [-0.05, 0) is 79.9 Å². The number of carbonyl (C=O) groups is 1. The van der Waals surface area contributed by atoms with E-state index < -0.39 is 22.0 Å². The van der Waals surface area contributed by atoms with E-state index in [0.29, 0.717) is 29.3 Å². The summed E-state index contributed by atoms with van der Waals surface area (Å²) < 4.78 is 32.2. The van der Waals surface area contributed by atoms with Crippen LogP contribution >= 0.6 is 0 Å². The molecule has 0 aliphatic heterocycles. The topological polar surface area (TPSA) is 75.7 Å². The lowest BCUT2D eigenvalue weighted by atomic mass is 10.1. The Morgan fingerprint density at radius 2 is 1.56 bits per heavy atom. The molecule has 1 amide bonds. The molecule has 1 atom stereocenters. The number of nitrogens with zero attached hydrogens (tertiary/aromatic N) is 1. The summed E-state index contributed by atoms with van der Waals surface area (Å²) >= 11 is 0. The Labute approximate surface area is 189 Å². The highest BCUT2D eigenvalue weighted by Gasteiger charge is 2.31. The van der Waals surface area contributed by atoms with Crippen molar-refractivity contribution in [1.82, 2.24) is 0 Å². The number of benzene rings is 3. The molecule has 7 heteroatoms. The van der Waals surface area contributed by atoms with Crippen LogP contribution in [0.3, 0.4) is 0 Å². The number of nitrogens with one attached hydrogen (secondary N) is 1. The van der Waals surface area contributed by atoms with Gasteiger partial charge in [0.15, 0.2) is 0 Å². The first-order chi connectivity index (χ1) is 15.2. The number of sulfonamides is 1. The third-order valence-electron chi connectivity index (χ3n) is 5.18. The maximum atomic E-state index is 13.1. The van der Waals surface area contributed by atoms with Gasteiger partial charge in [0.25, 0.3) is 0 Å². The summed E-state index contributed by atoms with van der Waals surface area (Å²) in [4.78, 5) is 13.1. The summed E-state index contributed by atoms with van der Waals surface area (Å²) in [6, 6.07) is 20.9. The highest BCUT2D eigenvalue weighted by molar-refractivity contribution is 7.92. The Kier molecular flexibility index (Phi) is 7.20. The van der Waals surface area contributed by atoms with Crippen LogP contribution in [0.5, 0.6) is 11.5 Å². The summed E-state index contributed by atoms with van der Waals surface area (Å²) in [6.45, 7) is 5.67. The van der Waals surface area contributed by atoms with Gasteiger partial charge in [0.05, 0.1) is 11.9 Å². The van der Waals surface area contributed by atoms with Crippen molar-refractivity contribution in [1.29, 1.82) is 0 Å². The lowest BCUT2D eigenvalue weighted by Crippen LogP contribution is -2.47. The zero-order chi connectivity index (χ0) is 23.3. The molecule has 1 N–H and O–H groups in total. The van der Waals surface area contributed by atoms with Gasteiger partial charge in [-0.3, -0.25) is 9.10 Å². The van der Waals surface area contributed by atoms with E-state index in [1.54, 1.807) is 43.3 Å². The third-order valence-corrected chi connectivity index (χ3v) is 6.36. The van der Waals surface area contributed by atoms with Crippen molar-refractivity contribution in [3.05, 3.63) is 83.9 Å². The van der Waals surface area contributed by atoms with Crippen molar-refractivity contribution >= 4 is 27.3 Å². The Morgan fingerprint density at radius 1 is 0.938 bits per heavy atom. The van der Waals surface area contributed by atoms with Crippen LogP contribution in [0.15, 0.2) is 72.8 Å². The molecular formula is C25H28N2O4S. The highest BCUT2D eigenvalue weighted by atomic mass is 32.2. The van der Waals surface area contributed by atoms with Crippen molar-refractivity contribution in [2.75, 3.05) is 15.9 Å². The number of carbonyl (C=O) groups excluding carboxylic acids is 1. The van der Waals surface area contributed by atoms with Gasteiger partial charge in [0, 0.05) is 5.69 Å². The molecule has 3 aromatic carbocycles. The van der Waals surface area contributed by atoms with Crippen LogP contribution in [-0.4, -0.2) is 26.6 Å². The molecule has 0 unspecified atom stereocenters. The first-order valence-electron chi connectivity index (χ1n) is 10.4. The van der Waals surface area contributed by atoms with Gasteiger partial charge in [-0.15, -0.1) is 0 Å². The first kappa shape index (κ1) is 23.3. The summed E-state index contributed by atoms with van der Waals surface area (Å²) in [6.07, 6.45) is 1.44. The maximum Gasteiger partial charge on any atom is 0.248 e. The number of rotatable bonds is 8. The monoisotopic (exact) mass is 452 g/mol. The number of amides is 1. The fourth-order valence-corrected chi connectivity index (χ4v) is 4.58. The molecule has 0 fully saturated rings. The van der Waals surface area contributed by atoms with E-state index in [4.69, 9.17) is 4.74 Å². The number of hydrogen-bond acceptors (Lipinski definition) is 4. The molecule has 0 aliphatic rings. The zero-order valence-corrected chi connectivity index (χ0v) is 19.5. The predicted molar refractivity (Wildman–Crippen MR) is 129 cm³/mol. The molecule has 3 rings (SSSR count). The predicted octanol–water partition coefficient (Wildman–Crippen LogP) is 5.28. The van der Waals surface area contributed by atoms with Gasteiger partial charge in [0.2, 0.25) is 15.9 Å². The van der Waals surface area contributed by atoms with Gasteiger partial charge >= 0.3 is 0 Å². The summed E-state index contributed by atoms with van der Waals surface area (Å²) in [5, 5.41) is 2.83. The fraction of sp³-hybridized carbons (Fsp3) is 0.240. The highest BCUT2D eigenvalue weighted by Crippen LogP contribution is 2.27. The Bertz CT molecular complexity index is 1180. The normalized spacial score (nSPS) is 12.1. The van der Waals surface area contributed by atoms with Crippen LogP contribution in [0, 0.1) is 13.8 Å². The molecular weight excluding hydrogens is 424 g/mol. The molecule has 32 heavy (non-hydrogen) atoms. The number of hydrogen-bond donors (Lipinski definition) is 1. The van der Waals surface area contributed by atoms with Gasteiger partial charge in [-0.25, -0.2) is 8.42 Å². The molecule has 0 aliphatic carbocycles. The smallest absolute Gasteiger partial charge is 0.248 e. The molecule has 0 saturated carbocycles. The average Bonchev–Trinajstić information content (AvgIpc) is 2.75. The number of ether oxygens (including phenoxy) is 1. The van der Waals surface area contributed by atoms with Crippen LogP contribution in [0.2, 0.25) is 0 Å². The SMILES string of the molecule is CC[C@H](C(=O)Nc1ccc(Oc2ccccc2)cc1)N(c1ccc(C)c(C)c1)S(C)(=O)=O. The van der Waals surface area contributed by atoms with Gasteiger partial charge in [-0.2, -0.15) is 0 Å². The Hall–Kier alpha value is -3.32. The molecule has 0 radical (unpaired) electrons. The zero-order valence-electron chi connectivity index (χ0n) is 18.7. The molecule has 0 aromatic heterocycles. The van der Waals surface area contributed by atoms with Crippen molar-refractivity contribution in [3.8, 4) is 11.5 Å². The number of anilines is 2. The lowest BCUT2D eigenvalue weighted by Gasteiger charge is -2.30. The van der Waals surface area contributed by atoms with E-state index in [0.717, 1.165) is 17.4 Å². The first-order valence-corrected chi connectivity index (χ1v) is 12.2. The van der Waals surface area contributed by atoms with Crippen LogP contribution < -0.4 is 14.4 Å². The summed E-state index contributed by atoms with van der Waals surface area (Å²) in [7, 11) is -3.69. The van der Waals surface area contributed by atoms with Crippen molar-refractivity contribution in [2.24, 2.45) is 0 Å². The van der Waals surface area contributed by atoms with E-state index in [1.807, 2.05) is 50.2 Å². The quantitative estimate of drug-likeness (QED) is 0.505. The minimum Gasteiger partial charge on any atom is -0.457 e. The standard InChI is InChI=1S/C25H28N2O4S/c1-5-24(27(32(4,29)30)21-14-11-18(2)19(3)17-21)25(28)26-20-12-15-23(16-13-20)31-22-9-7-6-8-10-22/h6-17,24H,5H2,1-4H3,(H,26,28)/t24-/m1/s1. The second kappa shape index (κ2) is 9.87. The minimum absolute atomic E-state index is 0.320. The Balaban J connectivity index is 1.79. The molecule has 6 nitrogen and oxygen atoms in total. The Morgan fingerprint density at radius 3 is 2.12 bits per heavy atom. The van der Waals surface area contributed by atoms with Crippen LogP contribution in [0.1, 0.15) is 24.5 Å². The van der Waals surface area contributed by atoms with E-state index in [-0.39, 0.29) is 0 Å². The third kappa shape index (κ3) is 5.68. The minimum atomic E-state index is -3.69. The second-order valence-electron chi connectivity index (χ2n) is 7.68. The summed E-state index contributed by atoms with van der Waals surface area (Å²) in [5.41, 5.74) is 3.05. The van der Waals surface area contributed by atoms with Crippen LogP contribution in [0.4, 0.5) is 11.4 Å². The largest absolute Gasteiger partial charge is 0.457 e. The van der Waals surface area contributed by atoms with E-state index in [2.05, 4.69) is 5.32 Å². The molecule has 0 spiro atoms. The van der Waals surface area contributed by atoms with Crippen molar-refractivity contribution < 1.29 is 17.9 Å². The number of aryl methyl sites for hydroxylation is 2. The van der Waals surface area contributed by atoms with E-state index in [1.165, 1.54) is 4.31 Å². The van der Waals surface area contributed by atoms with Gasteiger partial charge < -0.3 is 10.1 Å². The summed E-state index contributed by atoms with van der Waals surface area (Å²) in [5.74, 6) is 0.953. The lowest BCUT2D eigenvalue weighted by molar-refractivity contribution is -0.117. The van der Waals surface area contributed by atoms with E-state index in [9.17, 15) is 13.2 Å². The molecule has 168 valence electrons. The maximum absolute atomic E-state index is 13.1. The van der Waals surface area contributed by atoms with Crippen molar-refractivity contribution in [2.45, 2.75) is 33.2 Å². The average molecular weight is 453 g/mol.